The molecule has 2 unspecified atom stereocenters. The Bertz CT molecular complexity index is 419. The molecule has 0 spiro atoms. The van der Waals surface area contributed by atoms with Gasteiger partial charge < -0.3 is 5.32 Å². The van der Waals surface area contributed by atoms with Crippen molar-refractivity contribution in [2.24, 2.45) is 5.92 Å². The van der Waals surface area contributed by atoms with E-state index < -0.39 is 0 Å². The fourth-order valence-electron chi connectivity index (χ4n) is 2.39. The molecule has 1 N–H and O–H groups in total. The Morgan fingerprint density at radius 2 is 2.24 bits per heavy atom. The lowest BCUT2D eigenvalue weighted by Gasteiger charge is -2.15. The Kier molecular flexibility index (Phi) is 3.60. The Morgan fingerprint density at radius 3 is 2.88 bits per heavy atom. The van der Waals surface area contributed by atoms with E-state index in [9.17, 15) is 4.39 Å². The van der Waals surface area contributed by atoms with Crippen molar-refractivity contribution in [2.75, 3.05) is 6.54 Å². The van der Waals surface area contributed by atoms with Gasteiger partial charge in [0.1, 0.15) is 5.82 Å². The van der Waals surface area contributed by atoms with Crippen LogP contribution in [0.3, 0.4) is 0 Å². The van der Waals surface area contributed by atoms with Crippen molar-refractivity contribution in [3.63, 3.8) is 0 Å². The maximum absolute atomic E-state index is 13.8. The second-order valence-corrected chi connectivity index (χ2v) is 6.42. The SMILES string of the molecule is CC(C)NCC1CC1(C)c1cc(Br)ccc1F. The summed E-state index contributed by atoms with van der Waals surface area (Å²) in [4.78, 5) is 0. The molecule has 1 aliphatic carbocycles. The Hall–Kier alpha value is -0.410. The minimum Gasteiger partial charge on any atom is -0.314 e. The summed E-state index contributed by atoms with van der Waals surface area (Å²) >= 11 is 3.42. The highest BCUT2D eigenvalue weighted by molar-refractivity contribution is 9.10. The first-order chi connectivity index (χ1) is 7.93. The number of nitrogens with one attached hydrogen (secondary N) is 1. The molecule has 1 saturated carbocycles. The molecule has 3 heteroatoms. The first kappa shape index (κ1) is 13.0. The molecule has 0 amide bonds. The topological polar surface area (TPSA) is 12.0 Å². The van der Waals surface area contributed by atoms with Crippen molar-refractivity contribution in [3.05, 3.63) is 34.1 Å². The fourth-order valence-corrected chi connectivity index (χ4v) is 2.75. The predicted molar refractivity (Wildman–Crippen MR) is 72.7 cm³/mol. The quantitative estimate of drug-likeness (QED) is 0.890. The number of halogens is 2. The van der Waals surface area contributed by atoms with E-state index in [4.69, 9.17) is 0 Å². The van der Waals surface area contributed by atoms with Crippen LogP contribution in [0.1, 0.15) is 32.8 Å². The molecule has 0 radical (unpaired) electrons. The summed E-state index contributed by atoms with van der Waals surface area (Å²) in [7, 11) is 0. The van der Waals surface area contributed by atoms with Crippen LogP contribution in [-0.2, 0) is 5.41 Å². The van der Waals surface area contributed by atoms with Crippen molar-refractivity contribution >= 4 is 15.9 Å². The maximum Gasteiger partial charge on any atom is 0.127 e. The third kappa shape index (κ3) is 2.71. The second kappa shape index (κ2) is 4.69. The summed E-state index contributed by atoms with van der Waals surface area (Å²) in [6, 6.07) is 5.72. The number of hydrogen-bond donors (Lipinski definition) is 1. The van der Waals surface area contributed by atoms with E-state index in [-0.39, 0.29) is 11.2 Å². The molecule has 0 bridgehead atoms. The van der Waals surface area contributed by atoms with Crippen LogP contribution >= 0.6 is 15.9 Å². The molecule has 1 nitrogen and oxygen atoms in total. The molecule has 0 aliphatic heterocycles. The van der Waals surface area contributed by atoms with Crippen molar-refractivity contribution < 1.29 is 4.39 Å². The van der Waals surface area contributed by atoms with Gasteiger partial charge in [-0.1, -0.05) is 36.7 Å². The lowest BCUT2D eigenvalue weighted by molar-refractivity contribution is 0.513. The van der Waals surface area contributed by atoms with Gasteiger partial charge >= 0.3 is 0 Å². The van der Waals surface area contributed by atoms with Crippen LogP contribution in [0.25, 0.3) is 0 Å². The van der Waals surface area contributed by atoms with Gasteiger partial charge in [0.15, 0.2) is 0 Å². The molecule has 1 aromatic carbocycles. The van der Waals surface area contributed by atoms with Gasteiger partial charge in [-0.3, -0.25) is 0 Å². The normalized spacial score (nSPS) is 27.5. The molecule has 0 heterocycles. The van der Waals surface area contributed by atoms with Gasteiger partial charge in [0.25, 0.3) is 0 Å². The van der Waals surface area contributed by atoms with Crippen LogP contribution in [0, 0.1) is 11.7 Å². The van der Waals surface area contributed by atoms with Gasteiger partial charge in [-0.25, -0.2) is 4.39 Å². The summed E-state index contributed by atoms with van der Waals surface area (Å²) < 4.78 is 14.8. The standard InChI is InChI=1S/C14H19BrFN/c1-9(2)17-8-10-7-14(10,3)12-6-11(15)4-5-13(12)16/h4-6,9-10,17H,7-8H2,1-3H3. The highest BCUT2D eigenvalue weighted by Gasteiger charge is 2.52. The molecule has 2 atom stereocenters. The molecule has 1 aromatic rings. The molecular formula is C14H19BrFN. The fraction of sp³-hybridized carbons (Fsp3) is 0.571. The van der Waals surface area contributed by atoms with Crippen molar-refractivity contribution in [1.29, 1.82) is 0 Å². The minimum absolute atomic E-state index is 0.00968. The van der Waals surface area contributed by atoms with E-state index in [2.05, 4.69) is 42.0 Å². The van der Waals surface area contributed by atoms with E-state index >= 15 is 0 Å². The molecule has 1 aliphatic rings. The van der Waals surface area contributed by atoms with Gasteiger partial charge in [0.05, 0.1) is 0 Å². The highest BCUT2D eigenvalue weighted by Crippen LogP contribution is 2.54. The van der Waals surface area contributed by atoms with Crippen LogP contribution in [-0.4, -0.2) is 12.6 Å². The summed E-state index contributed by atoms with van der Waals surface area (Å²) in [6.07, 6.45) is 1.07. The van der Waals surface area contributed by atoms with Gasteiger partial charge in [-0.15, -0.1) is 0 Å². The monoisotopic (exact) mass is 299 g/mol. The number of rotatable bonds is 4. The van der Waals surface area contributed by atoms with E-state index in [1.54, 1.807) is 12.1 Å². The molecule has 1 fully saturated rings. The Morgan fingerprint density at radius 1 is 1.53 bits per heavy atom. The van der Waals surface area contributed by atoms with Crippen molar-refractivity contribution in [3.8, 4) is 0 Å². The third-order valence-electron chi connectivity index (χ3n) is 3.73. The summed E-state index contributed by atoms with van der Waals surface area (Å²) in [5, 5.41) is 3.43. The van der Waals surface area contributed by atoms with Crippen molar-refractivity contribution in [1.82, 2.24) is 5.32 Å². The third-order valence-corrected chi connectivity index (χ3v) is 4.22. The first-order valence-corrected chi connectivity index (χ1v) is 6.91. The van der Waals surface area contributed by atoms with Gasteiger partial charge in [0.2, 0.25) is 0 Å². The zero-order valence-corrected chi connectivity index (χ0v) is 12.1. The first-order valence-electron chi connectivity index (χ1n) is 6.12. The van der Waals surface area contributed by atoms with Crippen LogP contribution < -0.4 is 5.32 Å². The number of benzene rings is 1. The maximum atomic E-state index is 13.8. The summed E-state index contributed by atoms with van der Waals surface area (Å²) in [5.41, 5.74) is 0.859. The lowest BCUT2D eigenvalue weighted by atomic mass is 9.95. The summed E-state index contributed by atoms with van der Waals surface area (Å²) in [6.45, 7) is 7.41. The smallest absolute Gasteiger partial charge is 0.127 e. The predicted octanol–water partition coefficient (Wildman–Crippen LogP) is 3.86. The molecule has 94 valence electrons. The Labute approximate surface area is 111 Å². The van der Waals surface area contributed by atoms with Gasteiger partial charge in [-0.2, -0.15) is 0 Å². The molecular weight excluding hydrogens is 281 g/mol. The van der Waals surface area contributed by atoms with E-state index in [0.717, 1.165) is 23.0 Å². The van der Waals surface area contributed by atoms with E-state index in [0.29, 0.717) is 12.0 Å². The van der Waals surface area contributed by atoms with Crippen molar-refractivity contribution in [2.45, 2.75) is 38.6 Å². The molecule has 17 heavy (non-hydrogen) atoms. The van der Waals surface area contributed by atoms with E-state index in [1.165, 1.54) is 0 Å². The minimum atomic E-state index is -0.0808. The average Bonchev–Trinajstić information content (AvgIpc) is 2.92. The van der Waals surface area contributed by atoms with Crippen LogP contribution in [0.15, 0.2) is 22.7 Å². The van der Waals surface area contributed by atoms with E-state index in [1.807, 2.05) is 6.07 Å². The molecule has 0 saturated heterocycles. The second-order valence-electron chi connectivity index (χ2n) is 5.51. The summed E-state index contributed by atoms with van der Waals surface area (Å²) in [5.74, 6) is 0.469. The van der Waals surface area contributed by atoms with Crippen LogP contribution in [0.5, 0.6) is 0 Å². The molecule has 2 rings (SSSR count). The lowest BCUT2D eigenvalue weighted by Crippen LogP contribution is -2.27. The van der Waals surface area contributed by atoms with Crippen LogP contribution in [0.4, 0.5) is 4.39 Å². The van der Waals surface area contributed by atoms with Gasteiger partial charge in [0, 0.05) is 10.5 Å². The zero-order chi connectivity index (χ0) is 12.6. The highest BCUT2D eigenvalue weighted by atomic mass is 79.9. The number of hydrogen-bond acceptors (Lipinski definition) is 1. The Balaban J connectivity index is 2.10. The molecule has 0 aromatic heterocycles. The van der Waals surface area contributed by atoms with Gasteiger partial charge in [-0.05, 0) is 48.1 Å². The average molecular weight is 300 g/mol. The van der Waals surface area contributed by atoms with Crippen LogP contribution in [0.2, 0.25) is 0 Å². The largest absolute Gasteiger partial charge is 0.314 e. The zero-order valence-electron chi connectivity index (χ0n) is 10.6.